The van der Waals surface area contributed by atoms with Crippen molar-refractivity contribution in [2.24, 2.45) is 5.41 Å². The number of likely N-dealkylation sites (N-methyl/N-ethyl adjacent to an activating group) is 1. The smallest absolute Gasteiger partial charge is 0.0579 e. The summed E-state index contributed by atoms with van der Waals surface area (Å²) < 4.78 is 6.39. The largest absolute Gasteiger partial charge is 0.396 e. The summed E-state index contributed by atoms with van der Waals surface area (Å²) in [6, 6.07) is 8.31. The van der Waals surface area contributed by atoms with Crippen LogP contribution in [0, 0.1) is 5.41 Å². The molecule has 4 heteroatoms. The molecule has 18 heavy (non-hydrogen) atoms. The highest BCUT2D eigenvalue weighted by Crippen LogP contribution is 2.27. The van der Waals surface area contributed by atoms with E-state index < -0.39 is 0 Å². The van der Waals surface area contributed by atoms with E-state index in [0.717, 1.165) is 19.5 Å². The van der Waals surface area contributed by atoms with E-state index in [0.29, 0.717) is 13.2 Å². The van der Waals surface area contributed by atoms with Gasteiger partial charge in [0, 0.05) is 17.6 Å². The summed E-state index contributed by atoms with van der Waals surface area (Å²) >= 11 is 3.57. The number of hydrogen-bond acceptors (Lipinski definition) is 3. The Kier molecular flexibility index (Phi) is 4.78. The Morgan fingerprint density at radius 1 is 1.39 bits per heavy atom. The standard InChI is InChI=1S/C14H20BrNO2/c1-16(8-14(9-17)10-18-11-14)7-6-12-4-2-3-5-13(12)15/h2-5,17H,6-11H2,1H3. The predicted octanol–water partition coefficient (Wildman–Crippen LogP) is 1.93. The van der Waals surface area contributed by atoms with E-state index in [4.69, 9.17) is 4.74 Å². The van der Waals surface area contributed by atoms with Gasteiger partial charge in [-0.2, -0.15) is 0 Å². The third-order valence-electron chi connectivity index (χ3n) is 3.48. The van der Waals surface area contributed by atoms with Gasteiger partial charge in [-0.05, 0) is 25.1 Å². The summed E-state index contributed by atoms with van der Waals surface area (Å²) in [7, 11) is 2.10. The first kappa shape index (κ1) is 14.0. The van der Waals surface area contributed by atoms with Crippen LogP contribution in [0.4, 0.5) is 0 Å². The number of aliphatic hydroxyl groups is 1. The number of halogens is 1. The van der Waals surface area contributed by atoms with Crippen molar-refractivity contribution in [3.05, 3.63) is 34.3 Å². The average molecular weight is 314 g/mol. The molecular formula is C14H20BrNO2. The van der Waals surface area contributed by atoms with Crippen molar-refractivity contribution in [1.29, 1.82) is 0 Å². The normalized spacial score (nSPS) is 17.8. The van der Waals surface area contributed by atoms with Gasteiger partial charge in [0.2, 0.25) is 0 Å². The van der Waals surface area contributed by atoms with Crippen LogP contribution >= 0.6 is 15.9 Å². The van der Waals surface area contributed by atoms with E-state index in [9.17, 15) is 5.11 Å². The minimum Gasteiger partial charge on any atom is -0.396 e. The Hall–Kier alpha value is -0.420. The predicted molar refractivity (Wildman–Crippen MR) is 75.7 cm³/mol. The van der Waals surface area contributed by atoms with Crippen LogP contribution in [0.5, 0.6) is 0 Å². The molecule has 2 rings (SSSR count). The average Bonchev–Trinajstić information content (AvgIpc) is 2.33. The molecule has 1 aliphatic rings. The maximum atomic E-state index is 9.40. The molecule has 100 valence electrons. The molecule has 1 aliphatic heterocycles. The molecular weight excluding hydrogens is 294 g/mol. The van der Waals surface area contributed by atoms with Crippen molar-refractivity contribution in [2.45, 2.75) is 6.42 Å². The Labute approximate surface area is 117 Å². The lowest BCUT2D eigenvalue weighted by Crippen LogP contribution is -2.52. The van der Waals surface area contributed by atoms with Gasteiger partial charge in [-0.1, -0.05) is 34.1 Å². The van der Waals surface area contributed by atoms with E-state index in [1.807, 2.05) is 6.07 Å². The van der Waals surface area contributed by atoms with Crippen molar-refractivity contribution >= 4 is 15.9 Å². The van der Waals surface area contributed by atoms with E-state index in [1.54, 1.807) is 0 Å². The first-order valence-electron chi connectivity index (χ1n) is 6.26. The molecule has 0 saturated carbocycles. The minimum atomic E-state index is -0.0251. The van der Waals surface area contributed by atoms with Crippen molar-refractivity contribution in [3.8, 4) is 0 Å². The number of benzene rings is 1. The maximum absolute atomic E-state index is 9.40. The molecule has 1 aromatic rings. The first-order chi connectivity index (χ1) is 8.65. The van der Waals surface area contributed by atoms with E-state index in [2.05, 4.69) is 46.1 Å². The molecule has 0 unspecified atom stereocenters. The Bertz CT molecular complexity index is 388. The summed E-state index contributed by atoms with van der Waals surface area (Å²) in [6.07, 6.45) is 1.01. The first-order valence-corrected chi connectivity index (χ1v) is 7.05. The van der Waals surface area contributed by atoms with Gasteiger partial charge in [0.05, 0.1) is 25.2 Å². The Morgan fingerprint density at radius 2 is 2.11 bits per heavy atom. The molecule has 0 aliphatic carbocycles. The van der Waals surface area contributed by atoms with Crippen LogP contribution in [0.3, 0.4) is 0 Å². The quantitative estimate of drug-likeness (QED) is 0.871. The maximum Gasteiger partial charge on any atom is 0.0579 e. The lowest BCUT2D eigenvalue weighted by molar-refractivity contribution is -0.146. The fourth-order valence-electron chi connectivity index (χ4n) is 2.29. The summed E-state index contributed by atoms with van der Waals surface area (Å²) in [5.74, 6) is 0. The molecule has 1 saturated heterocycles. The van der Waals surface area contributed by atoms with Gasteiger partial charge in [0.1, 0.15) is 0 Å². The Morgan fingerprint density at radius 3 is 2.67 bits per heavy atom. The highest BCUT2D eigenvalue weighted by atomic mass is 79.9. The van der Waals surface area contributed by atoms with Crippen LogP contribution in [-0.4, -0.2) is 50.0 Å². The monoisotopic (exact) mass is 313 g/mol. The third kappa shape index (κ3) is 3.32. The van der Waals surface area contributed by atoms with Crippen molar-refractivity contribution < 1.29 is 9.84 Å². The van der Waals surface area contributed by atoms with Crippen LogP contribution in [0.1, 0.15) is 5.56 Å². The summed E-state index contributed by atoms with van der Waals surface area (Å²) in [6.45, 7) is 3.47. The fraction of sp³-hybridized carbons (Fsp3) is 0.571. The third-order valence-corrected chi connectivity index (χ3v) is 4.25. The summed E-state index contributed by atoms with van der Waals surface area (Å²) in [5, 5.41) is 9.40. The number of ether oxygens (including phenoxy) is 1. The summed E-state index contributed by atoms with van der Waals surface area (Å²) in [5.41, 5.74) is 1.30. The van der Waals surface area contributed by atoms with E-state index in [1.165, 1.54) is 10.0 Å². The van der Waals surface area contributed by atoms with E-state index in [-0.39, 0.29) is 12.0 Å². The SMILES string of the molecule is CN(CCc1ccccc1Br)CC1(CO)COC1. The van der Waals surface area contributed by atoms with Crippen molar-refractivity contribution in [1.82, 2.24) is 4.90 Å². The minimum absolute atomic E-state index is 0.0251. The van der Waals surface area contributed by atoms with Crippen LogP contribution < -0.4 is 0 Å². The molecule has 0 radical (unpaired) electrons. The second kappa shape index (κ2) is 6.15. The zero-order valence-corrected chi connectivity index (χ0v) is 12.3. The van der Waals surface area contributed by atoms with Gasteiger partial charge in [-0.3, -0.25) is 0 Å². The fourth-order valence-corrected chi connectivity index (χ4v) is 2.77. The molecule has 1 heterocycles. The number of hydrogen-bond donors (Lipinski definition) is 1. The van der Waals surface area contributed by atoms with Gasteiger partial charge in [-0.15, -0.1) is 0 Å². The molecule has 1 fully saturated rings. The molecule has 1 aromatic carbocycles. The van der Waals surface area contributed by atoms with Gasteiger partial charge >= 0.3 is 0 Å². The molecule has 3 nitrogen and oxygen atoms in total. The lowest BCUT2D eigenvalue weighted by atomic mass is 9.86. The zero-order valence-electron chi connectivity index (χ0n) is 10.7. The Balaban J connectivity index is 1.81. The molecule has 0 atom stereocenters. The summed E-state index contributed by atoms with van der Waals surface area (Å²) in [4.78, 5) is 2.28. The zero-order chi connectivity index (χ0) is 13.0. The number of rotatable bonds is 6. The van der Waals surface area contributed by atoms with Gasteiger partial charge in [0.15, 0.2) is 0 Å². The molecule has 0 amide bonds. The van der Waals surface area contributed by atoms with Crippen molar-refractivity contribution in [3.63, 3.8) is 0 Å². The van der Waals surface area contributed by atoms with Crippen LogP contribution in [0.2, 0.25) is 0 Å². The van der Waals surface area contributed by atoms with Gasteiger partial charge in [-0.25, -0.2) is 0 Å². The molecule has 0 aromatic heterocycles. The number of nitrogens with zero attached hydrogens (tertiary/aromatic N) is 1. The van der Waals surface area contributed by atoms with E-state index >= 15 is 0 Å². The molecule has 0 spiro atoms. The topological polar surface area (TPSA) is 32.7 Å². The highest BCUT2D eigenvalue weighted by Gasteiger charge is 2.38. The number of aliphatic hydroxyl groups excluding tert-OH is 1. The van der Waals surface area contributed by atoms with Gasteiger partial charge in [0.25, 0.3) is 0 Å². The molecule has 1 N–H and O–H groups in total. The second-order valence-corrected chi connectivity index (χ2v) is 6.08. The van der Waals surface area contributed by atoms with Gasteiger partial charge < -0.3 is 14.7 Å². The second-order valence-electron chi connectivity index (χ2n) is 5.23. The molecule has 0 bridgehead atoms. The van der Waals surface area contributed by atoms with Crippen LogP contribution in [-0.2, 0) is 11.2 Å². The van der Waals surface area contributed by atoms with Crippen LogP contribution in [0.15, 0.2) is 28.7 Å². The van der Waals surface area contributed by atoms with Crippen LogP contribution in [0.25, 0.3) is 0 Å². The van der Waals surface area contributed by atoms with Crippen molar-refractivity contribution in [2.75, 3.05) is 40.0 Å². The highest BCUT2D eigenvalue weighted by molar-refractivity contribution is 9.10. The lowest BCUT2D eigenvalue weighted by Gasteiger charge is -2.42.